The Bertz CT molecular complexity index is 1720. The van der Waals surface area contributed by atoms with Gasteiger partial charge in [0, 0.05) is 43.7 Å². The fourth-order valence-corrected chi connectivity index (χ4v) is 5.47. The Kier molecular flexibility index (Phi) is 15.0. The second-order valence-corrected chi connectivity index (χ2v) is 11.7. The summed E-state index contributed by atoms with van der Waals surface area (Å²) in [5, 5.41) is 12.8. The van der Waals surface area contributed by atoms with Crippen LogP contribution in [0, 0.1) is 0 Å². The molecule has 12 heteroatoms. The summed E-state index contributed by atoms with van der Waals surface area (Å²) in [5.74, 6) is 2.77. The molecule has 0 atom stereocenters. The van der Waals surface area contributed by atoms with Crippen LogP contribution in [-0.2, 0) is 16.0 Å². The third kappa shape index (κ3) is 12.3. The molecule has 0 aliphatic heterocycles. The van der Waals surface area contributed by atoms with Crippen molar-refractivity contribution in [3.8, 4) is 11.5 Å². The van der Waals surface area contributed by atoms with Crippen LogP contribution in [0.25, 0.3) is 0 Å². The molecular weight excluding hydrogens is 658 g/mol. The highest BCUT2D eigenvalue weighted by Crippen LogP contribution is 2.28. The first-order valence-electron chi connectivity index (χ1n) is 17.4. The molecule has 0 unspecified atom stereocenters. The molecule has 0 spiro atoms. The second kappa shape index (κ2) is 20.8. The zero-order valence-corrected chi connectivity index (χ0v) is 29.7. The van der Waals surface area contributed by atoms with Crippen LogP contribution in [-0.4, -0.2) is 81.1 Å². The predicted octanol–water partition coefficient (Wildman–Crippen LogP) is 6.01. The van der Waals surface area contributed by atoms with Gasteiger partial charge in [0.15, 0.2) is 0 Å². The zero-order chi connectivity index (χ0) is 36.2. The highest BCUT2D eigenvalue weighted by atomic mass is 16.5. The molecule has 1 aromatic heterocycles. The quantitative estimate of drug-likeness (QED) is 0.0630. The van der Waals surface area contributed by atoms with Crippen molar-refractivity contribution in [2.24, 2.45) is 0 Å². The lowest BCUT2D eigenvalue weighted by Gasteiger charge is -2.19. The Morgan fingerprint density at radius 2 is 1.10 bits per heavy atom. The highest BCUT2D eigenvalue weighted by molar-refractivity contribution is 5.94. The summed E-state index contributed by atoms with van der Waals surface area (Å²) < 4.78 is 22.2. The Hall–Kier alpha value is -5.72. The maximum Gasteiger partial charge on any atom is 0.251 e. The standard InChI is InChI=1S/C40H47N7O5/c1-49-34-26-30(27-35(28-34)50-2)29-44-40-46-38(42-19-18-36(31-12-6-3-7-13-31)32-14-8-4-9-15-32)45-39(47-40)43-21-23-52-25-24-51-22-20-41-37(48)33-16-10-5-11-17-33/h3-17,26-28,36H,18-25,29H2,1-2H3,(H,41,48)(H3,42,43,44,45,46,47). The molecule has 52 heavy (non-hydrogen) atoms. The maximum atomic E-state index is 12.1. The molecule has 4 aromatic carbocycles. The molecule has 0 saturated heterocycles. The largest absolute Gasteiger partial charge is 0.497 e. The van der Waals surface area contributed by atoms with Gasteiger partial charge in [0.25, 0.3) is 5.91 Å². The second-order valence-electron chi connectivity index (χ2n) is 11.7. The third-order valence-corrected chi connectivity index (χ3v) is 8.09. The van der Waals surface area contributed by atoms with Crippen molar-refractivity contribution in [2.75, 3.05) is 76.2 Å². The predicted molar refractivity (Wildman–Crippen MR) is 203 cm³/mol. The van der Waals surface area contributed by atoms with E-state index in [-0.39, 0.29) is 11.8 Å². The molecule has 0 saturated carbocycles. The molecule has 0 fully saturated rings. The van der Waals surface area contributed by atoms with Crippen LogP contribution in [0.5, 0.6) is 11.5 Å². The van der Waals surface area contributed by atoms with Crippen LogP contribution in [0.4, 0.5) is 17.8 Å². The Balaban J connectivity index is 1.13. The molecule has 1 heterocycles. The van der Waals surface area contributed by atoms with Crippen LogP contribution in [0.15, 0.2) is 109 Å². The van der Waals surface area contributed by atoms with Gasteiger partial charge in [-0.2, -0.15) is 15.0 Å². The summed E-state index contributed by atoms with van der Waals surface area (Å²) >= 11 is 0. The van der Waals surface area contributed by atoms with Gasteiger partial charge in [-0.15, -0.1) is 0 Å². The van der Waals surface area contributed by atoms with E-state index in [1.165, 1.54) is 11.1 Å². The van der Waals surface area contributed by atoms with E-state index in [2.05, 4.69) is 84.8 Å². The summed E-state index contributed by atoms with van der Waals surface area (Å²) in [4.78, 5) is 26.1. The average Bonchev–Trinajstić information content (AvgIpc) is 3.20. The number of anilines is 3. The Morgan fingerprint density at radius 1 is 0.596 bits per heavy atom. The molecule has 1 amide bonds. The number of carbonyl (C=O) groups excluding carboxylic acids is 1. The van der Waals surface area contributed by atoms with Crippen LogP contribution in [0.2, 0.25) is 0 Å². The number of carbonyl (C=O) groups is 1. The van der Waals surface area contributed by atoms with Gasteiger partial charge in [0.1, 0.15) is 11.5 Å². The Morgan fingerprint density at radius 3 is 1.65 bits per heavy atom. The van der Waals surface area contributed by atoms with E-state index in [4.69, 9.17) is 18.9 Å². The van der Waals surface area contributed by atoms with Crippen LogP contribution < -0.4 is 30.7 Å². The molecular formula is C40H47N7O5. The zero-order valence-electron chi connectivity index (χ0n) is 29.7. The lowest BCUT2D eigenvalue weighted by atomic mass is 9.88. The van der Waals surface area contributed by atoms with Gasteiger partial charge in [-0.05, 0) is 47.4 Å². The van der Waals surface area contributed by atoms with E-state index >= 15 is 0 Å². The smallest absolute Gasteiger partial charge is 0.251 e. The number of nitrogens with one attached hydrogen (secondary N) is 4. The van der Waals surface area contributed by atoms with Crippen molar-refractivity contribution in [3.63, 3.8) is 0 Å². The highest BCUT2D eigenvalue weighted by Gasteiger charge is 2.15. The van der Waals surface area contributed by atoms with Crippen LogP contribution >= 0.6 is 0 Å². The number of methoxy groups -OCH3 is 2. The summed E-state index contributed by atoms with van der Waals surface area (Å²) in [6.45, 7) is 3.64. The molecule has 5 aromatic rings. The summed E-state index contributed by atoms with van der Waals surface area (Å²) in [6, 6.07) is 35.8. The van der Waals surface area contributed by atoms with E-state index in [1.54, 1.807) is 26.4 Å². The molecule has 5 rings (SSSR count). The van der Waals surface area contributed by atoms with Gasteiger partial charge in [0.2, 0.25) is 17.8 Å². The van der Waals surface area contributed by atoms with Gasteiger partial charge in [-0.1, -0.05) is 78.9 Å². The van der Waals surface area contributed by atoms with Crippen molar-refractivity contribution < 1.29 is 23.7 Å². The molecule has 12 nitrogen and oxygen atoms in total. The van der Waals surface area contributed by atoms with Gasteiger partial charge in [0.05, 0.1) is 40.6 Å². The van der Waals surface area contributed by atoms with E-state index in [1.807, 2.05) is 48.5 Å². The topological polar surface area (TPSA) is 141 Å². The number of benzene rings is 4. The molecule has 0 aliphatic carbocycles. The lowest BCUT2D eigenvalue weighted by molar-refractivity contribution is 0.0519. The number of aromatic nitrogens is 3. The summed E-state index contributed by atoms with van der Waals surface area (Å²) in [7, 11) is 3.25. The van der Waals surface area contributed by atoms with Gasteiger partial charge in [-0.25, -0.2) is 0 Å². The van der Waals surface area contributed by atoms with Gasteiger partial charge < -0.3 is 40.2 Å². The maximum absolute atomic E-state index is 12.1. The van der Waals surface area contributed by atoms with E-state index in [9.17, 15) is 4.79 Å². The first-order valence-corrected chi connectivity index (χ1v) is 17.4. The fraction of sp³-hybridized carbons (Fsp3) is 0.300. The van der Waals surface area contributed by atoms with Crippen molar-refractivity contribution in [1.82, 2.24) is 20.3 Å². The monoisotopic (exact) mass is 705 g/mol. The Labute approximate surface area is 305 Å². The number of nitrogens with zero attached hydrogens (tertiary/aromatic N) is 3. The van der Waals surface area contributed by atoms with Gasteiger partial charge >= 0.3 is 0 Å². The molecule has 0 aliphatic rings. The minimum atomic E-state index is -0.120. The number of rotatable bonds is 22. The summed E-state index contributed by atoms with van der Waals surface area (Å²) in [6.07, 6.45) is 0.837. The van der Waals surface area contributed by atoms with Crippen LogP contribution in [0.3, 0.4) is 0 Å². The minimum Gasteiger partial charge on any atom is -0.497 e. The first-order chi connectivity index (χ1) is 25.6. The first kappa shape index (κ1) is 37.5. The van der Waals surface area contributed by atoms with E-state index in [0.29, 0.717) is 87.5 Å². The van der Waals surface area contributed by atoms with Crippen molar-refractivity contribution in [1.29, 1.82) is 0 Å². The van der Waals surface area contributed by atoms with Crippen molar-refractivity contribution in [2.45, 2.75) is 18.9 Å². The average molecular weight is 706 g/mol. The van der Waals surface area contributed by atoms with Gasteiger partial charge in [-0.3, -0.25) is 4.79 Å². The number of hydrogen-bond donors (Lipinski definition) is 4. The SMILES string of the molecule is COc1cc(CNc2nc(NCCOCCOCCNC(=O)c3ccccc3)nc(NCCC(c3ccccc3)c3ccccc3)n2)cc(OC)c1. The van der Waals surface area contributed by atoms with E-state index in [0.717, 1.165) is 12.0 Å². The molecule has 272 valence electrons. The van der Waals surface area contributed by atoms with E-state index < -0.39 is 0 Å². The third-order valence-electron chi connectivity index (χ3n) is 8.09. The number of ether oxygens (including phenoxy) is 4. The number of amides is 1. The normalized spacial score (nSPS) is 10.8. The fourth-order valence-electron chi connectivity index (χ4n) is 5.47. The molecule has 4 N–H and O–H groups in total. The molecule has 0 radical (unpaired) electrons. The summed E-state index contributed by atoms with van der Waals surface area (Å²) in [5.41, 5.74) is 4.08. The minimum absolute atomic E-state index is 0.120. The number of hydrogen-bond acceptors (Lipinski definition) is 11. The lowest BCUT2D eigenvalue weighted by Crippen LogP contribution is -2.27. The van der Waals surface area contributed by atoms with Crippen LogP contribution in [0.1, 0.15) is 39.4 Å². The van der Waals surface area contributed by atoms with Crippen molar-refractivity contribution >= 4 is 23.8 Å². The molecule has 0 bridgehead atoms. The van der Waals surface area contributed by atoms with Crippen molar-refractivity contribution in [3.05, 3.63) is 131 Å².